The van der Waals surface area contributed by atoms with Gasteiger partial charge in [0.2, 0.25) is 0 Å². The molecule has 0 radical (unpaired) electrons. The fourth-order valence-electron chi connectivity index (χ4n) is 4.04. The highest BCUT2D eigenvalue weighted by Crippen LogP contribution is 2.63. The molecule has 280 valence electrons. The molecule has 2 unspecified atom stereocenters. The van der Waals surface area contributed by atoms with Gasteiger partial charge in [0, 0.05) is 6.42 Å². The molecular weight excluding hydrogens is 700 g/mol. The molecule has 3 nitrogen and oxygen atoms in total. The minimum atomic E-state index is -8.53. The summed E-state index contributed by atoms with van der Waals surface area (Å²) in [5.41, 5.74) is -0.425. The van der Waals surface area contributed by atoms with Crippen LogP contribution in [0.15, 0.2) is 24.3 Å². The number of halogens is 16. The Morgan fingerprint density at radius 2 is 1.10 bits per heavy atom. The molecule has 1 rings (SSSR count). The van der Waals surface area contributed by atoms with Gasteiger partial charge in [0.1, 0.15) is 5.75 Å². The molecule has 19 heteroatoms. The largest absolute Gasteiger partial charge is 0.465 e. The van der Waals surface area contributed by atoms with Crippen LogP contribution in [0, 0.1) is 16.7 Å². The number of rotatable bonds is 17. The average Bonchev–Trinajstić information content (AvgIpc) is 2.95. The van der Waals surface area contributed by atoms with E-state index in [-0.39, 0.29) is 24.0 Å². The van der Waals surface area contributed by atoms with E-state index in [1.165, 1.54) is 0 Å². The molecule has 2 atom stereocenters. The number of alkyl halides is 16. The van der Waals surface area contributed by atoms with E-state index in [9.17, 15) is 75.0 Å². The van der Waals surface area contributed by atoms with E-state index in [2.05, 4.69) is 4.74 Å². The second-order valence-corrected chi connectivity index (χ2v) is 12.6. The van der Waals surface area contributed by atoms with Crippen molar-refractivity contribution in [3.8, 4) is 5.75 Å². The van der Waals surface area contributed by atoms with E-state index in [0.29, 0.717) is 25.0 Å². The first-order chi connectivity index (χ1) is 21.2. The zero-order chi connectivity index (χ0) is 38.2. The third-order valence-corrected chi connectivity index (χ3v) is 8.29. The van der Waals surface area contributed by atoms with Gasteiger partial charge in [-0.15, -0.1) is 0 Å². The molecule has 0 saturated heterocycles. The lowest BCUT2D eigenvalue weighted by Crippen LogP contribution is -2.73. The van der Waals surface area contributed by atoms with E-state index in [1.54, 1.807) is 0 Å². The van der Waals surface area contributed by atoms with Gasteiger partial charge >= 0.3 is 54.0 Å². The maximum absolute atomic E-state index is 14.1. The van der Waals surface area contributed by atoms with Crippen LogP contribution in [0.25, 0.3) is 0 Å². The summed E-state index contributed by atoms with van der Waals surface area (Å²) in [5.74, 6) is -51.0. The lowest BCUT2D eigenvalue weighted by Gasteiger charge is -2.41. The van der Waals surface area contributed by atoms with Crippen LogP contribution in [-0.2, 0) is 16.0 Å². The van der Waals surface area contributed by atoms with Gasteiger partial charge in [0.25, 0.3) is 0 Å². The first-order valence-electron chi connectivity index (χ1n) is 14.1. The Bertz CT molecular complexity index is 1220. The molecule has 1 aromatic rings. The highest BCUT2D eigenvalue weighted by atomic mass is 19.4. The Hall–Kier alpha value is -2.63. The van der Waals surface area contributed by atoms with Gasteiger partial charge in [-0.2, -0.15) is 70.2 Å². The van der Waals surface area contributed by atoms with Crippen molar-refractivity contribution in [2.75, 3.05) is 6.61 Å². The Morgan fingerprint density at radius 3 is 1.52 bits per heavy atom. The molecule has 0 aliphatic rings. The van der Waals surface area contributed by atoms with Crippen LogP contribution in [-0.4, -0.2) is 60.6 Å². The van der Waals surface area contributed by atoms with Crippen molar-refractivity contribution in [3.63, 3.8) is 0 Å². The summed E-state index contributed by atoms with van der Waals surface area (Å²) in [6.45, 7) is 11.3. The van der Waals surface area contributed by atoms with Crippen molar-refractivity contribution in [2.45, 2.75) is 115 Å². The van der Waals surface area contributed by atoms with Crippen molar-refractivity contribution in [2.24, 2.45) is 16.7 Å². The van der Waals surface area contributed by atoms with Gasteiger partial charge in [0.05, 0.1) is 12.5 Å². The van der Waals surface area contributed by atoms with Crippen LogP contribution >= 0.6 is 0 Å². The molecule has 0 heterocycles. The second-order valence-electron chi connectivity index (χ2n) is 12.6. The first-order valence-corrected chi connectivity index (χ1v) is 14.1. The quantitative estimate of drug-likeness (QED) is 0.118. The fourth-order valence-corrected chi connectivity index (χ4v) is 4.04. The van der Waals surface area contributed by atoms with Gasteiger partial charge in [-0.1, -0.05) is 66.5 Å². The van der Waals surface area contributed by atoms with Crippen LogP contribution in [0.3, 0.4) is 0 Å². The van der Waals surface area contributed by atoms with Crippen molar-refractivity contribution >= 4 is 5.97 Å². The molecule has 0 bridgehead atoms. The number of carbonyl (C=O) groups excluding carboxylic acids is 1. The van der Waals surface area contributed by atoms with E-state index in [0.717, 1.165) is 18.6 Å². The number of hydrogen-bond acceptors (Lipinski definition) is 3. The summed E-state index contributed by atoms with van der Waals surface area (Å²) < 4.78 is 223. The molecule has 0 N–H and O–H groups in total. The Labute approximate surface area is 265 Å². The number of ether oxygens (including phenoxy) is 2. The summed E-state index contributed by atoms with van der Waals surface area (Å²) in [4.78, 5) is 12.9. The summed E-state index contributed by atoms with van der Waals surface area (Å²) in [5, 5.41) is 0. The maximum Gasteiger partial charge on any atom is 0.460 e. The van der Waals surface area contributed by atoms with Gasteiger partial charge in [-0.25, -0.2) is 0 Å². The summed E-state index contributed by atoms with van der Waals surface area (Å²) in [6.07, 6.45) is -11.0. The number of benzene rings is 1. The standard InChI is InChI=1S/C29H34F16O3/c1-7-21(3,4)15-18(22(5,6)8-2)19(46)47-14-13-16-9-11-17(12-10-16)48-20(30)23(31,32)24(33,34)25(35,36)26(37,38)27(39,40)28(41,42)29(43,44)45/h9-12,18,20H,7-8,13-15H2,1-6H3. The van der Waals surface area contributed by atoms with Crippen LogP contribution < -0.4 is 4.74 Å². The molecule has 0 aromatic heterocycles. The SMILES string of the molecule is CCC(C)(C)CC(C(=O)OCCc1ccc(OC(F)C(F)(F)C(F)(F)C(F)(F)C(F)(F)C(F)(F)C(F)(F)C(F)(F)F)cc1)C(C)(C)CC. The number of carbonyl (C=O) groups is 1. The third-order valence-electron chi connectivity index (χ3n) is 8.29. The molecule has 0 amide bonds. The van der Waals surface area contributed by atoms with Crippen LogP contribution in [0.5, 0.6) is 5.75 Å². The smallest absolute Gasteiger partial charge is 0.460 e. The predicted octanol–water partition coefficient (Wildman–Crippen LogP) is 10.7. The highest BCUT2D eigenvalue weighted by Gasteiger charge is 2.94. The van der Waals surface area contributed by atoms with Crippen molar-refractivity contribution in [1.82, 2.24) is 0 Å². The lowest BCUT2D eigenvalue weighted by atomic mass is 9.68. The fraction of sp³-hybridized carbons (Fsp3) is 0.759. The minimum absolute atomic E-state index is 0.0617. The van der Waals surface area contributed by atoms with Crippen molar-refractivity contribution in [3.05, 3.63) is 29.8 Å². The summed E-state index contributed by atoms with van der Waals surface area (Å²) in [7, 11) is 0. The molecule has 0 aliphatic heterocycles. The minimum Gasteiger partial charge on any atom is -0.465 e. The van der Waals surface area contributed by atoms with Gasteiger partial charge in [-0.05, 0) is 34.9 Å². The normalized spacial score (nSPS) is 16.0. The number of esters is 1. The van der Waals surface area contributed by atoms with Crippen LogP contribution in [0.1, 0.15) is 66.4 Å². The average molecular weight is 735 g/mol. The molecule has 0 spiro atoms. The lowest BCUT2D eigenvalue weighted by molar-refractivity contribution is -0.457. The Balaban J connectivity index is 3.11. The van der Waals surface area contributed by atoms with Gasteiger partial charge in [0.15, 0.2) is 0 Å². The molecule has 1 aromatic carbocycles. The van der Waals surface area contributed by atoms with Crippen LogP contribution in [0.4, 0.5) is 70.2 Å². The topological polar surface area (TPSA) is 35.5 Å². The zero-order valence-corrected chi connectivity index (χ0v) is 26.3. The Kier molecular flexibility index (Phi) is 12.6. The highest BCUT2D eigenvalue weighted by molar-refractivity contribution is 5.73. The molecule has 0 saturated carbocycles. The van der Waals surface area contributed by atoms with Gasteiger partial charge in [-0.3, -0.25) is 4.79 Å². The van der Waals surface area contributed by atoms with E-state index in [4.69, 9.17) is 4.74 Å². The van der Waals surface area contributed by atoms with Gasteiger partial charge < -0.3 is 9.47 Å². The van der Waals surface area contributed by atoms with E-state index in [1.807, 2.05) is 41.5 Å². The third kappa shape index (κ3) is 8.05. The molecule has 48 heavy (non-hydrogen) atoms. The van der Waals surface area contributed by atoms with E-state index < -0.39 is 71.1 Å². The summed E-state index contributed by atoms with van der Waals surface area (Å²) in [6, 6.07) is 3.08. The molecule has 0 aliphatic carbocycles. The van der Waals surface area contributed by atoms with Crippen molar-refractivity contribution < 1.29 is 84.5 Å². The molecular formula is C29H34F16O3. The number of hydrogen-bond donors (Lipinski definition) is 0. The van der Waals surface area contributed by atoms with E-state index >= 15 is 0 Å². The maximum atomic E-state index is 14.1. The first kappa shape index (κ1) is 43.4. The molecule has 0 fully saturated rings. The second kappa shape index (κ2) is 13.9. The zero-order valence-electron chi connectivity index (χ0n) is 26.3. The summed E-state index contributed by atoms with van der Waals surface area (Å²) >= 11 is 0. The monoisotopic (exact) mass is 734 g/mol. The van der Waals surface area contributed by atoms with Crippen molar-refractivity contribution in [1.29, 1.82) is 0 Å². The van der Waals surface area contributed by atoms with Crippen LogP contribution in [0.2, 0.25) is 0 Å². The predicted molar refractivity (Wildman–Crippen MR) is 139 cm³/mol. The Morgan fingerprint density at radius 1 is 0.667 bits per heavy atom.